The number of carbonyl (C=O) groups excluding carboxylic acids is 1. The van der Waals surface area contributed by atoms with Gasteiger partial charge in [-0.2, -0.15) is 0 Å². The van der Waals surface area contributed by atoms with Gasteiger partial charge in [-0.1, -0.05) is 48.6 Å². The maximum atomic E-state index is 12.9. The lowest BCUT2D eigenvalue weighted by atomic mass is 9.68. The number of carbonyl (C=O) groups is 1. The summed E-state index contributed by atoms with van der Waals surface area (Å²) in [6.45, 7) is 2.00. The zero-order valence-corrected chi connectivity index (χ0v) is 14.2. The highest BCUT2D eigenvalue weighted by molar-refractivity contribution is 5.85. The number of hydrogen-bond donors (Lipinski definition) is 3. The van der Waals surface area contributed by atoms with Crippen LogP contribution in [-0.2, 0) is 4.79 Å². The van der Waals surface area contributed by atoms with Crippen LogP contribution in [-0.4, -0.2) is 56.5 Å². The first kappa shape index (κ1) is 16.8. The lowest BCUT2D eigenvalue weighted by molar-refractivity contribution is -0.131. The summed E-state index contributed by atoms with van der Waals surface area (Å²) in [6, 6.07) is -0.0775. The average molecular weight is 343 g/mol. The van der Waals surface area contributed by atoms with Crippen LogP contribution in [0.2, 0.25) is 0 Å². The summed E-state index contributed by atoms with van der Waals surface area (Å²) in [5, 5.41) is 30.4. The Kier molecular flexibility index (Phi) is 4.18. The Morgan fingerprint density at radius 1 is 0.960 bits per heavy atom. The van der Waals surface area contributed by atoms with Crippen molar-refractivity contribution < 1.29 is 20.1 Å². The highest BCUT2D eigenvalue weighted by atomic mass is 16.3. The summed E-state index contributed by atoms with van der Waals surface area (Å²) >= 11 is 0. The molecule has 0 saturated carbocycles. The van der Waals surface area contributed by atoms with E-state index in [0.29, 0.717) is 6.42 Å². The largest absolute Gasteiger partial charge is 0.391 e. The van der Waals surface area contributed by atoms with Crippen molar-refractivity contribution in [1.82, 2.24) is 4.90 Å². The van der Waals surface area contributed by atoms with Gasteiger partial charge in [0, 0.05) is 17.9 Å². The van der Waals surface area contributed by atoms with E-state index in [-0.39, 0.29) is 41.7 Å². The van der Waals surface area contributed by atoms with Gasteiger partial charge in [-0.3, -0.25) is 4.79 Å². The molecule has 4 rings (SSSR count). The molecule has 0 spiro atoms. The van der Waals surface area contributed by atoms with Crippen molar-refractivity contribution in [3.63, 3.8) is 0 Å². The number of aliphatic hydroxyl groups excluding tert-OH is 3. The molecule has 4 aliphatic rings. The number of fused-ring (bicyclic) bond motifs is 5. The van der Waals surface area contributed by atoms with Gasteiger partial charge in [-0.15, -0.1) is 0 Å². The molecule has 2 aliphatic carbocycles. The Bertz CT molecular complexity index is 667. The number of hydrogen-bond acceptors (Lipinski definition) is 4. The van der Waals surface area contributed by atoms with Gasteiger partial charge in [-0.05, 0) is 19.3 Å². The maximum Gasteiger partial charge on any atom is 0.230 e. The number of rotatable bonds is 0. The molecular weight excluding hydrogens is 318 g/mol. The molecule has 9 atom stereocenters. The van der Waals surface area contributed by atoms with E-state index in [1.165, 1.54) is 0 Å². The Morgan fingerprint density at radius 3 is 2.44 bits per heavy atom. The Morgan fingerprint density at radius 2 is 1.64 bits per heavy atom. The molecule has 1 amide bonds. The topological polar surface area (TPSA) is 81.0 Å². The fourth-order valence-electron chi connectivity index (χ4n) is 5.04. The van der Waals surface area contributed by atoms with Gasteiger partial charge >= 0.3 is 0 Å². The van der Waals surface area contributed by atoms with Crippen molar-refractivity contribution in [1.29, 1.82) is 0 Å². The van der Waals surface area contributed by atoms with Gasteiger partial charge in [0.05, 0.1) is 18.1 Å². The van der Waals surface area contributed by atoms with Crippen molar-refractivity contribution in [2.45, 2.75) is 43.7 Å². The summed E-state index contributed by atoms with van der Waals surface area (Å²) in [5.74, 6) is 0.0514. The molecule has 0 unspecified atom stereocenters. The maximum absolute atomic E-state index is 12.9. The van der Waals surface area contributed by atoms with Gasteiger partial charge in [0.2, 0.25) is 5.91 Å². The SMILES string of the molecule is C[C@@H]1C[C@H](O)[C@H]2[C@@H]3[C@H]4/C=C/C=C\[C@@H](O)[C@@H](O)/C=C/[C@@H]4C=C[C@@H]3C(=O)N21. The van der Waals surface area contributed by atoms with Crippen LogP contribution in [0.4, 0.5) is 0 Å². The fraction of sp³-hybridized carbons (Fsp3) is 0.550. The molecule has 2 saturated heterocycles. The summed E-state index contributed by atoms with van der Waals surface area (Å²) in [4.78, 5) is 14.7. The fourth-order valence-corrected chi connectivity index (χ4v) is 5.04. The quantitative estimate of drug-likeness (QED) is 0.568. The number of aliphatic hydroxyl groups is 3. The van der Waals surface area contributed by atoms with Crippen LogP contribution >= 0.6 is 0 Å². The molecule has 5 heteroatoms. The van der Waals surface area contributed by atoms with Crippen molar-refractivity contribution >= 4 is 5.91 Å². The second-order valence-electron chi connectivity index (χ2n) is 7.67. The van der Waals surface area contributed by atoms with Crippen LogP contribution in [0.1, 0.15) is 13.3 Å². The van der Waals surface area contributed by atoms with Gasteiger partial charge in [0.1, 0.15) is 12.2 Å². The summed E-state index contributed by atoms with van der Waals surface area (Å²) in [6.07, 6.45) is 13.0. The van der Waals surface area contributed by atoms with E-state index in [1.807, 2.05) is 36.1 Å². The van der Waals surface area contributed by atoms with Crippen molar-refractivity contribution in [2.75, 3.05) is 0 Å². The summed E-state index contributed by atoms with van der Waals surface area (Å²) in [5.41, 5.74) is 0. The third-order valence-corrected chi connectivity index (χ3v) is 6.18. The van der Waals surface area contributed by atoms with Crippen molar-refractivity contribution in [2.24, 2.45) is 23.7 Å². The third-order valence-electron chi connectivity index (χ3n) is 6.18. The predicted octanol–water partition coefficient (Wildman–Crippen LogP) is 0.789. The van der Waals surface area contributed by atoms with E-state index in [1.54, 1.807) is 18.2 Å². The standard InChI is InChI=1S/C20H25NO4/c1-11-10-17(24)19-18-13-4-2-3-5-15(22)16(23)9-7-12(13)6-8-14(18)20(25)21(11)19/h2-9,11-19,22-24H,10H2,1H3/b4-2+,5-3-,9-7+/t11-,12+,13+,14+,15-,16+,17+,18-,19+/m1/s1. The van der Waals surface area contributed by atoms with Gasteiger partial charge in [-0.25, -0.2) is 0 Å². The highest BCUT2D eigenvalue weighted by Gasteiger charge is 2.58. The van der Waals surface area contributed by atoms with Gasteiger partial charge in [0.25, 0.3) is 0 Å². The second-order valence-corrected chi connectivity index (χ2v) is 7.67. The Labute approximate surface area is 147 Å². The van der Waals surface area contributed by atoms with Crippen molar-refractivity contribution in [3.8, 4) is 0 Å². The third kappa shape index (κ3) is 2.62. The molecule has 2 fully saturated rings. The molecule has 2 heterocycles. The molecule has 25 heavy (non-hydrogen) atoms. The molecule has 3 N–H and O–H groups in total. The van der Waals surface area contributed by atoms with Crippen LogP contribution < -0.4 is 0 Å². The van der Waals surface area contributed by atoms with Crippen LogP contribution in [0.5, 0.6) is 0 Å². The number of amides is 1. The predicted molar refractivity (Wildman–Crippen MR) is 93.3 cm³/mol. The molecule has 0 aromatic heterocycles. The van der Waals surface area contributed by atoms with Crippen LogP contribution in [0.3, 0.4) is 0 Å². The van der Waals surface area contributed by atoms with E-state index in [4.69, 9.17) is 0 Å². The first-order valence-corrected chi connectivity index (χ1v) is 9.07. The monoisotopic (exact) mass is 343 g/mol. The minimum absolute atomic E-state index is 0.0262. The van der Waals surface area contributed by atoms with E-state index < -0.39 is 18.3 Å². The minimum atomic E-state index is -0.951. The van der Waals surface area contributed by atoms with Crippen LogP contribution in [0.15, 0.2) is 48.6 Å². The normalized spacial score (nSPS) is 52.2. The van der Waals surface area contributed by atoms with Crippen LogP contribution in [0.25, 0.3) is 0 Å². The molecule has 2 aliphatic heterocycles. The van der Waals surface area contributed by atoms with Crippen molar-refractivity contribution in [3.05, 3.63) is 48.6 Å². The zero-order valence-electron chi connectivity index (χ0n) is 14.2. The Balaban J connectivity index is 1.73. The lowest BCUT2D eigenvalue weighted by Gasteiger charge is -2.36. The smallest absolute Gasteiger partial charge is 0.230 e. The molecular formula is C20H25NO4. The van der Waals surface area contributed by atoms with E-state index in [2.05, 4.69) is 6.08 Å². The molecule has 0 aromatic rings. The number of nitrogens with zero attached hydrogens (tertiary/aromatic N) is 1. The van der Waals surface area contributed by atoms with Gasteiger partial charge < -0.3 is 20.2 Å². The Hall–Kier alpha value is -1.69. The first-order chi connectivity index (χ1) is 12.0. The van der Waals surface area contributed by atoms with E-state index >= 15 is 0 Å². The van der Waals surface area contributed by atoms with Crippen LogP contribution in [0, 0.1) is 23.7 Å². The second kappa shape index (κ2) is 6.24. The average Bonchev–Trinajstić information content (AvgIpc) is 3.05. The molecule has 0 bridgehead atoms. The number of allylic oxidation sites excluding steroid dienone is 5. The summed E-state index contributed by atoms with van der Waals surface area (Å²) < 4.78 is 0. The lowest BCUT2D eigenvalue weighted by Crippen LogP contribution is -2.41. The van der Waals surface area contributed by atoms with E-state index in [9.17, 15) is 20.1 Å². The molecule has 5 nitrogen and oxygen atoms in total. The van der Waals surface area contributed by atoms with Gasteiger partial charge in [0.15, 0.2) is 0 Å². The molecule has 0 radical (unpaired) electrons. The first-order valence-electron chi connectivity index (χ1n) is 9.07. The zero-order chi connectivity index (χ0) is 17.7. The summed E-state index contributed by atoms with van der Waals surface area (Å²) in [7, 11) is 0. The minimum Gasteiger partial charge on any atom is -0.391 e. The molecule has 134 valence electrons. The highest BCUT2D eigenvalue weighted by Crippen LogP contribution is 2.49. The molecule has 0 aromatic carbocycles. The van der Waals surface area contributed by atoms with E-state index in [0.717, 1.165) is 0 Å².